The molecule has 0 aliphatic carbocycles. The Morgan fingerprint density at radius 3 is 2.23 bits per heavy atom. The highest BCUT2D eigenvalue weighted by atomic mass is 16.5. The van der Waals surface area contributed by atoms with Crippen LogP contribution in [-0.2, 0) is 0 Å². The topological polar surface area (TPSA) is 45.0 Å². The fourth-order valence-corrected chi connectivity index (χ4v) is 3.01. The number of hydrogen-bond acceptors (Lipinski definition) is 4. The van der Waals surface area contributed by atoms with Gasteiger partial charge in [0.05, 0.1) is 32.5 Å². The first kappa shape index (κ1) is 17.9. The Labute approximate surface area is 153 Å². The van der Waals surface area contributed by atoms with Gasteiger partial charge in [-0.2, -0.15) is 5.10 Å². The summed E-state index contributed by atoms with van der Waals surface area (Å²) in [6, 6.07) is 9.94. The lowest BCUT2D eigenvalue weighted by Gasteiger charge is -2.12. The fourth-order valence-electron chi connectivity index (χ4n) is 3.01. The molecule has 0 radical (unpaired) electrons. The van der Waals surface area contributed by atoms with Crippen LogP contribution in [0, 0.1) is 0 Å². The molecule has 3 rings (SSSR count). The van der Waals surface area contributed by atoms with E-state index in [9.17, 15) is 0 Å². The van der Waals surface area contributed by atoms with Gasteiger partial charge in [-0.1, -0.05) is 32.1 Å². The van der Waals surface area contributed by atoms with E-state index in [-0.39, 0.29) is 0 Å². The lowest BCUT2D eigenvalue weighted by molar-refractivity contribution is 0.324. The van der Waals surface area contributed by atoms with Crippen molar-refractivity contribution in [3.63, 3.8) is 0 Å². The van der Waals surface area contributed by atoms with Crippen LogP contribution in [0.2, 0.25) is 0 Å². The van der Waals surface area contributed by atoms with Crippen LogP contribution in [0.25, 0.3) is 17.7 Å². The molecule has 0 amide bonds. The van der Waals surface area contributed by atoms with Crippen molar-refractivity contribution in [1.29, 1.82) is 0 Å². The van der Waals surface area contributed by atoms with Gasteiger partial charge >= 0.3 is 0 Å². The normalized spacial score (nSPS) is 11.5. The number of rotatable bonds is 6. The number of fused-ring (bicyclic) bond motifs is 1. The molecule has 0 spiro atoms. The number of hydrogen-bond donors (Lipinski definition) is 0. The number of benzene rings is 1. The smallest absolute Gasteiger partial charge is 0.203 e. The van der Waals surface area contributed by atoms with Crippen LogP contribution >= 0.6 is 0 Å². The van der Waals surface area contributed by atoms with Crippen molar-refractivity contribution < 1.29 is 14.2 Å². The number of nitrogens with zero attached hydrogens (tertiary/aromatic N) is 2. The molecule has 0 fully saturated rings. The van der Waals surface area contributed by atoms with Crippen LogP contribution in [-0.4, -0.2) is 30.9 Å². The molecule has 0 N–H and O–H groups in total. The molecular weight excluding hydrogens is 328 g/mol. The average Bonchev–Trinajstić information content (AvgIpc) is 3.04. The summed E-state index contributed by atoms with van der Waals surface area (Å²) >= 11 is 0. The highest BCUT2D eigenvalue weighted by molar-refractivity contribution is 5.81. The second kappa shape index (κ2) is 7.52. The lowest BCUT2D eigenvalue weighted by Crippen LogP contribution is -1.95. The van der Waals surface area contributed by atoms with Crippen LogP contribution in [0.5, 0.6) is 17.2 Å². The maximum atomic E-state index is 5.43. The van der Waals surface area contributed by atoms with Crippen molar-refractivity contribution >= 4 is 17.7 Å². The van der Waals surface area contributed by atoms with Gasteiger partial charge < -0.3 is 14.2 Å². The molecule has 0 saturated heterocycles. The van der Waals surface area contributed by atoms with Crippen molar-refractivity contribution in [1.82, 2.24) is 9.61 Å². The summed E-state index contributed by atoms with van der Waals surface area (Å²) < 4.78 is 18.2. The molecule has 0 bridgehead atoms. The monoisotopic (exact) mass is 352 g/mol. The minimum atomic E-state index is 0.328. The predicted molar refractivity (Wildman–Crippen MR) is 104 cm³/mol. The third-order valence-corrected chi connectivity index (χ3v) is 4.28. The summed E-state index contributed by atoms with van der Waals surface area (Å²) in [6.45, 7) is 4.30. The van der Waals surface area contributed by atoms with E-state index in [2.05, 4.69) is 26.0 Å². The summed E-state index contributed by atoms with van der Waals surface area (Å²) in [5, 5.41) is 4.72. The van der Waals surface area contributed by atoms with Crippen molar-refractivity contribution in [3.8, 4) is 17.2 Å². The van der Waals surface area contributed by atoms with E-state index in [1.54, 1.807) is 21.3 Å². The molecule has 0 aliphatic rings. The van der Waals surface area contributed by atoms with Crippen LogP contribution in [0.1, 0.15) is 36.6 Å². The Bertz CT molecular complexity index is 917. The van der Waals surface area contributed by atoms with Crippen LogP contribution in [0.4, 0.5) is 0 Å². The van der Waals surface area contributed by atoms with Gasteiger partial charge in [0.1, 0.15) is 0 Å². The van der Waals surface area contributed by atoms with Gasteiger partial charge in [-0.15, -0.1) is 0 Å². The number of aromatic nitrogens is 2. The van der Waals surface area contributed by atoms with Gasteiger partial charge in [0.2, 0.25) is 5.75 Å². The summed E-state index contributed by atoms with van der Waals surface area (Å²) in [6.07, 6.45) is 6.11. The molecular formula is C21H24N2O3. The molecule has 0 atom stereocenters. The number of ether oxygens (including phenoxy) is 3. The first-order valence-corrected chi connectivity index (χ1v) is 8.54. The maximum Gasteiger partial charge on any atom is 0.203 e. The summed E-state index contributed by atoms with van der Waals surface area (Å²) in [5.74, 6) is 2.19. The lowest BCUT2D eigenvalue weighted by atomic mass is 10.0. The largest absolute Gasteiger partial charge is 0.493 e. The standard InChI is InChI=1S/C21H24N2O3/c1-14(2)20-16(17-8-6-7-11-23(17)22-20)10-9-15-12-18(24-3)21(26-5)19(13-15)25-4/h6-14H,1-5H3/b10-9+. The minimum Gasteiger partial charge on any atom is -0.493 e. The first-order chi connectivity index (χ1) is 12.6. The molecule has 2 heterocycles. The van der Waals surface area contributed by atoms with Crippen molar-refractivity contribution in [2.75, 3.05) is 21.3 Å². The number of pyridine rings is 1. The van der Waals surface area contributed by atoms with Crippen molar-refractivity contribution in [2.45, 2.75) is 19.8 Å². The third-order valence-electron chi connectivity index (χ3n) is 4.28. The fraction of sp³-hybridized carbons (Fsp3) is 0.286. The Kier molecular flexibility index (Phi) is 5.16. The molecule has 3 aromatic rings. The van der Waals surface area contributed by atoms with Gasteiger partial charge in [-0.05, 0) is 35.7 Å². The third kappa shape index (κ3) is 3.25. The van der Waals surface area contributed by atoms with Crippen LogP contribution in [0.15, 0.2) is 36.5 Å². The summed E-state index contributed by atoms with van der Waals surface area (Å²) in [7, 11) is 4.84. The van der Waals surface area contributed by atoms with Gasteiger partial charge in [0.15, 0.2) is 11.5 Å². The van der Waals surface area contributed by atoms with E-state index in [1.807, 2.05) is 41.1 Å². The van der Waals surface area contributed by atoms with Gasteiger partial charge in [0.25, 0.3) is 0 Å². The zero-order chi connectivity index (χ0) is 18.7. The predicted octanol–water partition coefficient (Wildman–Crippen LogP) is 4.65. The van der Waals surface area contributed by atoms with E-state index in [1.165, 1.54) is 0 Å². The Morgan fingerprint density at radius 1 is 0.962 bits per heavy atom. The van der Waals surface area contributed by atoms with Crippen molar-refractivity contribution in [2.24, 2.45) is 0 Å². The van der Waals surface area contributed by atoms with Crippen LogP contribution in [0.3, 0.4) is 0 Å². The maximum absolute atomic E-state index is 5.43. The second-order valence-electron chi connectivity index (χ2n) is 6.28. The zero-order valence-corrected chi connectivity index (χ0v) is 15.8. The molecule has 0 saturated carbocycles. The molecule has 26 heavy (non-hydrogen) atoms. The van der Waals surface area contributed by atoms with Crippen LogP contribution < -0.4 is 14.2 Å². The molecule has 5 nitrogen and oxygen atoms in total. The van der Waals surface area contributed by atoms with Gasteiger partial charge in [-0.25, -0.2) is 4.52 Å². The van der Waals surface area contributed by atoms with Crippen molar-refractivity contribution in [3.05, 3.63) is 53.3 Å². The van der Waals surface area contributed by atoms with Gasteiger partial charge in [-0.3, -0.25) is 0 Å². The molecule has 0 unspecified atom stereocenters. The van der Waals surface area contributed by atoms with E-state index in [0.717, 1.165) is 22.3 Å². The Balaban J connectivity index is 2.08. The average molecular weight is 352 g/mol. The minimum absolute atomic E-state index is 0.328. The van der Waals surface area contributed by atoms with E-state index in [4.69, 9.17) is 19.3 Å². The van der Waals surface area contributed by atoms with E-state index >= 15 is 0 Å². The molecule has 2 aromatic heterocycles. The Morgan fingerprint density at radius 2 is 1.65 bits per heavy atom. The molecule has 136 valence electrons. The van der Waals surface area contributed by atoms with E-state index in [0.29, 0.717) is 23.2 Å². The van der Waals surface area contributed by atoms with Gasteiger partial charge in [0, 0.05) is 11.8 Å². The highest BCUT2D eigenvalue weighted by Crippen LogP contribution is 2.38. The molecule has 5 heteroatoms. The zero-order valence-electron chi connectivity index (χ0n) is 15.8. The van der Waals surface area contributed by atoms with E-state index < -0.39 is 0 Å². The highest BCUT2D eigenvalue weighted by Gasteiger charge is 2.14. The molecule has 0 aliphatic heterocycles. The second-order valence-corrected chi connectivity index (χ2v) is 6.28. The molecule has 1 aromatic carbocycles. The summed E-state index contributed by atoms with van der Waals surface area (Å²) in [5.41, 5.74) is 4.23. The SMILES string of the molecule is COc1cc(/C=C/c2c(C(C)C)nn3ccccc23)cc(OC)c1OC. The number of methoxy groups -OCH3 is 3. The first-order valence-electron chi connectivity index (χ1n) is 8.54. The summed E-state index contributed by atoms with van der Waals surface area (Å²) in [4.78, 5) is 0. The quantitative estimate of drug-likeness (QED) is 0.647. The Hall–Kier alpha value is -2.95.